The molecule has 0 amide bonds. The van der Waals surface area contributed by atoms with E-state index in [9.17, 15) is 4.39 Å². The van der Waals surface area contributed by atoms with Crippen LogP contribution in [0.3, 0.4) is 0 Å². The topological polar surface area (TPSA) is 82.8 Å². The summed E-state index contributed by atoms with van der Waals surface area (Å²) < 4.78 is 20.4. The molecule has 2 heterocycles. The molecule has 0 atom stereocenters. The molecule has 0 aliphatic heterocycles. The number of benzene rings is 1. The number of aryl methyl sites for hydroxylation is 1. The summed E-state index contributed by atoms with van der Waals surface area (Å²) in [6, 6.07) is 6.19. The Balaban J connectivity index is 0.00000196. The SMILES string of the molecule is Cc1nn(-c2ccc(F)cc2)c(C)c1-c1nc(C2(N)CCCC2)no1.Cl. The molecule has 138 valence electrons. The minimum atomic E-state index is -0.490. The second kappa shape index (κ2) is 6.81. The van der Waals surface area contributed by atoms with Crippen molar-refractivity contribution < 1.29 is 8.91 Å². The van der Waals surface area contributed by atoms with Crippen molar-refractivity contribution in [1.82, 2.24) is 19.9 Å². The van der Waals surface area contributed by atoms with Crippen molar-refractivity contribution in [2.24, 2.45) is 5.73 Å². The smallest absolute Gasteiger partial charge is 0.261 e. The Labute approximate surface area is 157 Å². The quantitative estimate of drug-likeness (QED) is 0.750. The molecule has 0 unspecified atom stereocenters. The number of nitrogens with zero attached hydrogens (tertiary/aromatic N) is 4. The van der Waals surface area contributed by atoms with Crippen LogP contribution in [-0.2, 0) is 5.54 Å². The summed E-state index contributed by atoms with van der Waals surface area (Å²) in [6.07, 6.45) is 3.92. The third kappa shape index (κ3) is 3.01. The van der Waals surface area contributed by atoms with Crippen molar-refractivity contribution in [2.75, 3.05) is 0 Å². The van der Waals surface area contributed by atoms with E-state index in [2.05, 4.69) is 15.2 Å². The summed E-state index contributed by atoms with van der Waals surface area (Å²) in [7, 11) is 0. The maximum absolute atomic E-state index is 13.2. The molecule has 1 fully saturated rings. The van der Waals surface area contributed by atoms with Crippen LogP contribution < -0.4 is 5.73 Å². The summed E-state index contributed by atoms with van der Waals surface area (Å²) in [5, 5.41) is 8.67. The maximum Gasteiger partial charge on any atom is 0.261 e. The molecule has 4 rings (SSSR count). The average Bonchev–Trinajstić information content (AvgIpc) is 3.29. The Kier molecular flexibility index (Phi) is 4.86. The molecule has 0 radical (unpaired) electrons. The van der Waals surface area contributed by atoms with Gasteiger partial charge in [0.2, 0.25) is 0 Å². The maximum atomic E-state index is 13.2. The van der Waals surface area contributed by atoms with Gasteiger partial charge in [-0.25, -0.2) is 9.07 Å². The van der Waals surface area contributed by atoms with Gasteiger partial charge in [-0.2, -0.15) is 10.1 Å². The second-order valence-corrected chi connectivity index (χ2v) is 6.72. The Morgan fingerprint density at radius 1 is 1.15 bits per heavy atom. The van der Waals surface area contributed by atoms with Gasteiger partial charge in [-0.05, 0) is 51.0 Å². The lowest BCUT2D eigenvalue weighted by molar-refractivity contribution is 0.372. The molecule has 1 aliphatic rings. The first-order chi connectivity index (χ1) is 12.0. The van der Waals surface area contributed by atoms with Crippen molar-refractivity contribution in [3.05, 3.63) is 47.3 Å². The van der Waals surface area contributed by atoms with Gasteiger partial charge in [0.25, 0.3) is 5.89 Å². The van der Waals surface area contributed by atoms with Crippen LogP contribution >= 0.6 is 12.4 Å². The van der Waals surface area contributed by atoms with Crippen molar-refractivity contribution >= 4 is 12.4 Å². The molecule has 0 saturated heterocycles. The lowest BCUT2D eigenvalue weighted by atomic mass is 9.98. The van der Waals surface area contributed by atoms with Gasteiger partial charge in [-0.1, -0.05) is 18.0 Å². The number of rotatable bonds is 3. The molecule has 0 bridgehead atoms. The minimum Gasteiger partial charge on any atom is -0.334 e. The van der Waals surface area contributed by atoms with Crippen LogP contribution in [0.2, 0.25) is 0 Å². The fourth-order valence-electron chi connectivity index (χ4n) is 3.54. The molecular formula is C18H21ClFN5O. The molecule has 26 heavy (non-hydrogen) atoms. The predicted molar refractivity (Wildman–Crippen MR) is 97.9 cm³/mol. The number of hydrogen-bond donors (Lipinski definition) is 1. The fraction of sp³-hybridized carbons (Fsp3) is 0.389. The Morgan fingerprint density at radius 2 is 1.81 bits per heavy atom. The number of nitrogens with two attached hydrogens (primary N) is 1. The van der Waals surface area contributed by atoms with Gasteiger partial charge in [0.15, 0.2) is 5.82 Å². The highest BCUT2D eigenvalue weighted by Crippen LogP contribution is 2.36. The van der Waals surface area contributed by atoms with Crippen molar-refractivity contribution in [3.8, 4) is 17.1 Å². The molecular weight excluding hydrogens is 357 g/mol. The molecule has 6 nitrogen and oxygen atoms in total. The first kappa shape index (κ1) is 18.5. The lowest BCUT2D eigenvalue weighted by Crippen LogP contribution is -2.34. The number of aromatic nitrogens is 4. The average molecular weight is 378 g/mol. The third-order valence-electron chi connectivity index (χ3n) is 4.94. The minimum absolute atomic E-state index is 0. The highest BCUT2D eigenvalue weighted by molar-refractivity contribution is 5.85. The van der Waals surface area contributed by atoms with E-state index in [-0.39, 0.29) is 18.2 Å². The summed E-state index contributed by atoms with van der Waals surface area (Å²) in [6.45, 7) is 3.82. The van der Waals surface area contributed by atoms with Crippen LogP contribution in [0.15, 0.2) is 28.8 Å². The van der Waals surface area contributed by atoms with Crippen molar-refractivity contribution in [2.45, 2.75) is 45.1 Å². The van der Waals surface area contributed by atoms with Crippen LogP contribution in [0.5, 0.6) is 0 Å². The van der Waals surface area contributed by atoms with E-state index in [1.54, 1.807) is 16.8 Å². The van der Waals surface area contributed by atoms with Crippen LogP contribution in [0.1, 0.15) is 42.9 Å². The molecule has 2 N–H and O–H groups in total. The van der Waals surface area contributed by atoms with Gasteiger partial charge in [0, 0.05) is 0 Å². The van der Waals surface area contributed by atoms with E-state index in [4.69, 9.17) is 10.3 Å². The standard InChI is InChI=1S/C18H20FN5O.ClH/c1-11-15(12(2)24(22-11)14-7-5-13(19)6-8-14)16-21-17(23-25-16)18(20)9-3-4-10-18;/h5-8H,3-4,9-10,20H2,1-2H3;1H. The Hall–Kier alpha value is -2.25. The summed E-state index contributed by atoms with van der Waals surface area (Å²) in [5.41, 5.74) is 9.13. The summed E-state index contributed by atoms with van der Waals surface area (Å²) in [5.74, 6) is 0.709. The highest BCUT2D eigenvalue weighted by Gasteiger charge is 2.36. The van der Waals surface area contributed by atoms with E-state index >= 15 is 0 Å². The van der Waals surface area contributed by atoms with Crippen LogP contribution in [0.25, 0.3) is 17.1 Å². The largest absolute Gasteiger partial charge is 0.334 e. The van der Waals surface area contributed by atoms with Gasteiger partial charge < -0.3 is 10.3 Å². The first-order valence-corrected chi connectivity index (χ1v) is 8.43. The van der Waals surface area contributed by atoms with E-state index in [1.165, 1.54) is 12.1 Å². The molecule has 1 aliphatic carbocycles. The zero-order valence-electron chi connectivity index (χ0n) is 14.7. The summed E-state index contributed by atoms with van der Waals surface area (Å²) >= 11 is 0. The van der Waals surface area contributed by atoms with E-state index < -0.39 is 5.54 Å². The van der Waals surface area contributed by atoms with Crippen molar-refractivity contribution in [3.63, 3.8) is 0 Å². The Morgan fingerprint density at radius 3 is 2.46 bits per heavy atom. The Bertz CT molecular complexity index is 912. The van der Waals surface area contributed by atoms with E-state index in [0.29, 0.717) is 11.7 Å². The van der Waals surface area contributed by atoms with Gasteiger partial charge in [0.1, 0.15) is 5.82 Å². The normalized spacial score (nSPS) is 15.8. The predicted octanol–water partition coefficient (Wildman–Crippen LogP) is 3.83. The molecule has 8 heteroatoms. The van der Waals surface area contributed by atoms with Crippen LogP contribution in [-0.4, -0.2) is 19.9 Å². The second-order valence-electron chi connectivity index (χ2n) is 6.72. The third-order valence-corrected chi connectivity index (χ3v) is 4.94. The monoisotopic (exact) mass is 377 g/mol. The van der Waals surface area contributed by atoms with Gasteiger partial charge in [-0.3, -0.25) is 0 Å². The molecule has 0 spiro atoms. The number of halogens is 2. The number of hydrogen-bond acceptors (Lipinski definition) is 5. The molecule has 2 aromatic heterocycles. The zero-order chi connectivity index (χ0) is 17.6. The van der Waals surface area contributed by atoms with Gasteiger partial charge in [0.05, 0.1) is 28.2 Å². The zero-order valence-corrected chi connectivity index (χ0v) is 15.5. The van der Waals surface area contributed by atoms with E-state index in [1.807, 2.05) is 13.8 Å². The van der Waals surface area contributed by atoms with E-state index in [0.717, 1.165) is 48.3 Å². The van der Waals surface area contributed by atoms with Crippen LogP contribution in [0.4, 0.5) is 4.39 Å². The molecule has 1 saturated carbocycles. The molecule has 1 aromatic carbocycles. The molecule has 3 aromatic rings. The van der Waals surface area contributed by atoms with Gasteiger partial charge in [-0.15, -0.1) is 12.4 Å². The first-order valence-electron chi connectivity index (χ1n) is 8.43. The summed E-state index contributed by atoms with van der Waals surface area (Å²) in [4.78, 5) is 4.56. The fourth-order valence-corrected chi connectivity index (χ4v) is 3.54. The highest BCUT2D eigenvalue weighted by atomic mass is 35.5. The lowest BCUT2D eigenvalue weighted by Gasteiger charge is -2.17. The van der Waals surface area contributed by atoms with Crippen molar-refractivity contribution in [1.29, 1.82) is 0 Å². The van der Waals surface area contributed by atoms with Gasteiger partial charge >= 0.3 is 0 Å². The van der Waals surface area contributed by atoms with Crippen LogP contribution in [0, 0.1) is 19.7 Å².